The predicted molar refractivity (Wildman–Crippen MR) is 98.2 cm³/mol. The first-order valence-electron chi connectivity index (χ1n) is 8.65. The van der Waals surface area contributed by atoms with Crippen molar-refractivity contribution in [3.63, 3.8) is 0 Å². The van der Waals surface area contributed by atoms with Gasteiger partial charge >= 0.3 is 6.18 Å². The monoisotopic (exact) mass is 411 g/mol. The van der Waals surface area contributed by atoms with Crippen molar-refractivity contribution in [2.45, 2.75) is 46.3 Å². The largest absolute Gasteiger partial charge is 0.484 e. The van der Waals surface area contributed by atoms with Gasteiger partial charge in [-0.3, -0.25) is 0 Å². The van der Waals surface area contributed by atoms with Gasteiger partial charge in [-0.05, 0) is 36.5 Å². The summed E-state index contributed by atoms with van der Waals surface area (Å²) in [6.07, 6.45) is -4.08. The molecule has 0 bridgehead atoms. The highest BCUT2D eigenvalue weighted by atomic mass is 32.2. The van der Waals surface area contributed by atoms with Gasteiger partial charge in [0.2, 0.25) is 10.0 Å². The van der Waals surface area contributed by atoms with Crippen LogP contribution in [0, 0.1) is 5.41 Å². The Morgan fingerprint density at radius 2 is 1.81 bits per heavy atom. The van der Waals surface area contributed by atoms with E-state index in [-0.39, 0.29) is 16.9 Å². The Kier molecular flexibility index (Phi) is 8.56. The topological polar surface area (TPSA) is 64.6 Å². The maximum atomic E-state index is 12.2. The zero-order valence-electron chi connectivity index (χ0n) is 16.1. The van der Waals surface area contributed by atoms with Crippen molar-refractivity contribution in [1.29, 1.82) is 0 Å². The molecule has 0 amide bonds. The van der Waals surface area contributed by atoms with E-state index >= 15 is 0 Å². The predicted octanol–water partition coefficient (Wildman–Crippen LogP) is 4.06. The summed E-state index contributed by atoms with van der Waals surface area (Å²) in [6, 6.07) is 5.33. The molecule has 0 heterocycles. The maximum absolute atomic E-state index is 12.2. The molecule has 0 aliphatic rings. The van der Waals surface area contributed by atoms with Gasteiger partial charge in [-0.25, -0.2) is 13.1 Å². The van der Waals surface area contributed by atoms with Crippen molar-refractivity contribution < 1.29 is 31.1 Å². The number of hydrogen-bond donors (Lipinski definition) is 1. The van der Waals surface area contributed by atoms with Gasteiger partial charge in [0.1, 0.15) is 5.75 Å². The number of nitrogens with one attached hydrogen (secondary N) is 1. The van der Waals surface area contributed by atoms with E-state index in [1.807, 2.05) is 20.8 Å². The SMILES string of the molecule is C[C@@H](NS(=O)(=O)CCCOCC(C)(C)C)c1cccc(OCC(F)(F)F)c1. The summed E-state index contributed by atoms with van der Waals surface area (Å²) in [5, 5.41) is 0. The van der Waals surface area contributed by atoms with Crippen molar-refractivity contribution in [2.75, 3.05) is 25.6 Å². The fourth-order valence-electron chi connectivity index (χ4n) is 2.16. The maximum Gasteiger partial charge on any atom is 0.422 e. The molecule has 27 heavy (non-hydrogen) atoms. The zero-order valence-corrected chi connectivity index (χ0v) is 16.9. The average molecular weight is 411 g/mol. The lowest BCUT2D eigenvalue weighted by Crippen LogP contribution is -2.29. The lowest BCUT2D eigenvalue weighted by Gasteiger charge is -2.18. The Hall–Kier alpha value is -1.32. The van der Waals surface area contributed by atoms with E-state index in [4.69, 9.17) is 9.47 Å². The second-order valence-electron chi connectivity index (χ2n) is 7.60. The molecule has 0 fully saturated rings. The Morgan fingerprint density at radius 3 is 2.41 bits per heavy atom. The van der Waals surface area contributed by atoms with Gasteiger partial charge in [0, 0.05) is 12.6 Å². The minimum absolute atomic E-state index is 0.0187. The molecule has 1 aromatic carbocycles. The smallest absolute Gasteiger partial charge is 0.422 e. The normalized spacial score (nSPS) is 14.2. The molecule has 0 aromatic heterocycles. The first-order valence-corrected chi connectivity index (χ1v) is 10.3. The number of rotatable bonds is 10. The Labute approximate surface area is 159 Å². The van der Waals surface area contributed by atoms with Crippen LogP contribution in [0.1, 0.15) is 45.7 Å². The molecular formula is C18H28F3NO4S. The fourth-order valence-corrected chi connectivity index (χ4v) is 3.46. The first-order chi connectivity index (χ1) is 12.3. The molecule has 9 heteroatoms. The van der Waals surface area contributed by atoms with Crippen molar-refractivity contribution in [2.24, 2.45) is 5.41 Å². The van der Waals surface area contributed by atoms with Gasteiger partial charge in [0.15, 0.2) is 6.61 Å². The summed E-state index contributed by atoms with van der Waals surface area (Å²) in [5.74, 6) is -0.0578. The van der Waals surface area contributed by atoms with Crippen LogP contribution < -0.4 is 9.46 Å². The van der Waals surface area contributed by atoms with Gasteiger partial charge in [0.25, 0.3) is 0 Å². The van der Waals surface area contributed by atoms with Gasteiger partial charge in [-0.1, -0.05) is 32.9 Å². The molecule has 0 spiro atoms. The van der Waals surface area contributed by atoms with Crippen LogP contribution in [0.2, 0.25) is 0 Å². The lowest BCUT2D eigenvalue weighted by molar-refractivity contribution is -0.153. The molecule has 1 N–H and O–H groups in total. The highest BCUT2D eigenvalue weighted by molar-refractivity contribution is 7.89. The third kappa shape index (κ3) is 11.2. The van der Waals surface area contributed by atoms with Crippen molar-refractivity contribution in [1.82, 2.24) is 4.72 Å². The number of hydrogen-bond acceptors (Lipinski definition) is 4. The summed E-state index contributed by atoms with van der Waals surface area (Å²) < 4.78 is 73.7. The standard InChI is InChI=1S/C18H28F3NO4S/c1-14(15-7-5-8-16(11-15)26-13-18(19,20)21)22-27(23,24)10-6-9-25-12-17(2,3)4/h5,7-8,11,14,22H,6,9-10,12-13H2,1-4H3/t14-/m1/s1. The van der Waals surface area contributed by atoms with E-state index in [9.17, 15) is 21.6 Å². The molecule has 0 saturated heterocycles. The third-order valence-electron chi connectivity index (χ3n) is 3.35. The summed E-state index contributed by atoms with van der Waals surface area (Å²) in [7, 11) is -3.54. The molecule has 0 aliphatic heterocycles. The number of ether oxygens (including phenoxy) is 2. The van der Waals surface area contributed by atoms with Crippen molar-refractivity contribution in [3.8, 4) is 5.75 Å². The van der Waals surface area contributed by atoms with Crippen LogP contribution in [0.5, 0.6) is 5.75 Å². The van der Waals surface area contributed by atoms with E-state index in [0.29, 0.717) is 25.2 Å². The molecule has 0 saturated carbocycles. The Bertz CT molecular complexity index is 685. The van der Waals surface area contributed by atoms with Crippen LogP contribution in [0.3, 0.4) is 0 Å². The van der Waals surface area contributed by atoms with Gasteiger partial charge in [0.05, 0.1) is 12.4 Å². The highest BCUT2D eigenvalue weighted by Gasteiger charge is 2.28. The number of benzene rings is 1. The molecule has 1 atom stereocenters. The molecule has 0 radical (unpaired) electrons. The van der Waals surface area contributed by atoms with Gasteiger partial charge < -0.3 is 9.47 Å². The quantitative estimate of drug-likeness (QED) is 0.590. The Balaban J connectivity index is 2.52. The molecular weight excluding hydrogens is 383 g/mol. The summed E-state index contributed by atoms with van der Waals surface area (Å²) in [5.41, 5.74) is 0.535. The number of halogens is 3. The van der Waals surface area contributed by atoms with Gasteiger partial charge in [-0.2, -0.15) is 13.2 Å². The van der Waals surface area contributed by atoms with E-state index in [1.54, 1.807) is 13.0 Å². The Morgan fingerprint density at radius 1 is 1.15 bits per heavy atom. The summed E-state index contributed by atoms with van der Waals surface area (Å²) in [4.78, 5) is 0. The van der Waals surface area contributed by atoms with E-state index in [1.165, 1.54) is 18.2 Å². The molecule has 0 aliphatic carbocycles. The lowest BCUT2D eigenvalue weighted by atomic mass is 9.99. The van der Waals surface area contributed by atoms with E-state index in [0.717, 1.165) is 0 Å². The minimum atomic E-state index is -4.43. The van der Waals surface area contributed by atoms with E-state index < -0.39 is 28.8 Å². The average Bonchev–Trinajstić information content (AvgIpc) is 2.50. The minimum Gasteiger partial charge on any atom is -0.484 e. The number of sulfonamides is 1. The van der Waals surface area contributed by atoms with Crippen molar-refractivity contribution >= 4 is 10.0 Å². The third-order valence-corrected chi connectivity index (χ3v) is 4.89. The fraction of sp³-hybridized carbons (Fsp3) is 0.667. The van der Waals surface area contributed by atoms with Crippen LogP contribution in [-0.4, -0.2) is 40.2 Å². The molecule has 1 rings (SSSR count). The number of alkyl halides is 3. The molecule has 156 valence electrons. The molecule has 5 nitrogen and oxygen atoms in total. The second-order valence-corrected chi connectivity index (χ2v) is 9.47. The van der Waals surface area contributed by atoms with Crippen LogP contribution in [0.25, 0.3) is 0 Å². The van der Waals surface area contributed by atoms with Crippen LogP contribution in [0.15, 0.2) is 24.3 Å². The van der Waals surface area contributed by atoms with Gasteiger partial charge in [-0.15, -0.1) is 0 Å². The molecule has 0 unspecified atom stereocenters. The van der Waals surface area contributed by atoms with Crippen LogP contribution >= 0.6 is 0 Å². The summed E-state index contributed by atoms with van der Waals surface area (Å²) in [6.45, 7) is 7.19. The highest BCUT2D eigenvalue weighted by Crippen LogP contribution is 2.22. The zero-order chi connectivity index (χ0) is 20.7. The van der Waals surface area contributed by atoms with Crippen molar-refractivity contribution in [3.05, 3.63) is 29.8 Å². The second kappa shape index (κ2) is 9.75. The first kappa shape index (κ1) is 23.7. The molecule has 1 aromatic rings. The van der Waals surface area contributed by atoms with E-state index in [2.05, 4.69) is 4.72 Å². The summed E-state index contributed by atoms with van der Waals surface area (Å²) >= 11 is 0. The van der Waals surface area contributed by atoms with Crippen LogP contribution in [0.4, 0.5) is 13.2 Å². The van der Waals surface area contributed by atoms with Crippen LogP contribution in [-0.2, 0) is 14.8 Å².